The summed E-state index contributed by atoms with van der Waals surface area (Å²) in [5.74, 6) is 2.75. The van der Waals surface area contributed by atoms with Gasteiger partial charge in [0.1, 0.15) is 0 Å². The summed E-state index contributed by atoms with van der Waals surface area (Å²) >= 11 is 0. The first-order valence-electron chi connectivity index (χ1n) is 5.68. The highest BCUT2D eigenvalue weighted by Gasteiger charge is 2.21. The van der Waals surface area contributed by atoms with Crippen molar-refractivity contribution in [1.82, 2.24) is 10.2 Å². The van der Waals surface area contributed by atoms with Crippen LogP contribution < -0.4 is 5.32 Å². The van der Waals surface area contributed by atoms with E-state index in [1.165, 1.54) is 12.8 Å². The van der Waals surface area contributed by atoms with Crippen molar-refractivity contribution in [2.24, 2.45) is 0 Å². The van der Waals surface area contributed by atoms with Gasteiger partial charge in [0, 0.05) is 38.1 Å². The van der Waals surface area contributed by atoms with Crippen LogP contribution in [0.3, 0.4) is 0 Å². The Labute approximate surface area is 88.1 Å². The Hall–Kier alpha value is -0.520. The Balaban J connectivity index is 2.35. The molecule has 0 spiro atoms. The summed E-state index contributed by atoms with van der Waals surface area (Å²) in [7, 11) is 0. The quantitative estimate of drug-likeness (QED) is 0.682. The van der Waals surface area contributed by atoms with E-state index in [1.54, 1.807) is 0 Å². The molecule has 1 rings (SSSR count). The summed E-state index contributed by atoms with van der Waals surface area (Å²) in [4.78, 5) is 2.51. The maximum absolute atomic E-state index is 5.34. The highest BCUT2D eigenvalue weighted by Crippen LogP contribution is 2.10. The van der Waals surface area contributed by atoms with Gasteiger partial charge in [-0.1, -0.05) is 13.3 Å². The lowest BCUT2D eigenvalue weighted by atomic mass is 10.1. The maximum Gasteiger partial charge on any atom is 0.0240 e. The summed E-state index contributed by atoms with van der Waals surface area (Å²) in [6, 6.07) is 1.22. The van der Waals surface area contributed by atoms with Crippen molar-refractivity contribution >= 4 is 0 Å². The van der Waals surface area contributed by atoms with Crippen LogP contribution in [0.2, 0.25) is 0 Å². The number of nitrogens with zero attached hydrogens (tertiary/aromatic N) is 1. The molecular formula is C12H22N2. The lowest BCUT2D eigenvalue weighted by Gasteiger charge is -2.37. The van der Waals surface area contributed by atoms with Crippen LogP contribution >= 0.6 is 0 Å². The van der Waals surface area contributed by atoms with Gasteiger partial charge in [-0.3, -0.25) is 4.90 Å². The third-order valence-electron chi connectivity index (χ3n) is 2.96. The molecule has 0 aromatic rings. The van der Waals surface area contributed by atoms with Crippen LogP contribution in [-0.4, -0.2) is 36.6 Å². The molecule has 0 aromatic carbocycles. The van der Waals surface area contributed by atoms with Gasteiger partial charge in [-0.2, -0.15) is 0 Å². The Morgan fingerprint density at radius 1 is 1.64 bits per heavy atom. The van der Waals surface area contributed by atoms with Crippen LogP contribution in [0.4, 0.5) is 0 Å². The summed E-state index contributed by atoms with van der Waals surface area (Å²) in [5.41, 5.74) is 0. The fourth-order valence-corrected chi connectivity index (χ4v) is 2.09. The van der Waals surface area contributed by atoms with E-state index in [0.717, 1.165) is 26.1 Å². The first-order valence-corrected chi connectivity index (χ1v) is 5.68. The molecule has 0 bridgehead atoms. The molecule has 0 aromatic heterocycles. The Morgan fingerprint density at radius 2 is 2.43 bits per heavy atom. The van der Waals surface area contributed by atoms with Crippen LogP contribution in [0, 0.1) is 12.3 Å². The number of terminal acetylenes is 1. The SMILES string of the molecule is C#CCC(C)N1CCNC(CCC)C1. The Morgan fingerprint density at radius 3 is 3.07 bits per heavy atom. The number of hydrogen-bond donors (Lipinski definition) is 1. The molecule has 1 saturated heterocycles. The molecule has 80 valence electrons. The average molecular weight is 194 g/mol. The van der Waals surface area contributed by atoms with Gasteiger partial charge in [0.2, 0.25) is 0 Å². The van der Waals surface area contributed by atoms with Crippen molar-refractivity contribution in [2.45, 2.75) is 45.2 Å². The van der Waals surface area contributed by atoms with E-state index in [-0.39, 0.29) is 0 Å². The van der Waals surface area contributed by atoms with Gasteiger partial charge in [0.15, 0.2) is 0 Å². The molecule has 1 heterocycles. The molecule has 1 aliphatic rings. The fourth-order valence-electron chi connectivity index (χ4n) is 2.09. The summed E-state index contributed by atoms with van der Waals surface area (Å²) in [5, 5.41) is 3.55. The highest BCUT2D eigenvalue weighted by atomic mass is 15.2. The predicted molar refractivity (Wildman–Crippen MR) is 61.2 cm³/mol. The first kappa shape index (κ1) is 11.6. The van der Waals surface area contributed by atoms with Gasteiger partial charge < -0.3 is 5.32 Å². The average Bonchev–Trinajstić information content (AvgIpc) is 2.19. The molecule has 2 heteroatoms. The van der Waals surface area contributed by atoms with Crippen molar-refractivity contribution in [3.8, 4) is 12.3 Å². The number of piperazine rings is 1. The number of nitrogens with one attached hydrogen (secondary N) is 1. The van der Waals surface area contributed by atoms with Gasteiger partial charge in [0.25, 0.3) is 0 Å². The third-order valence-corrected chi connectivity index (χ3v) is 2.96. The van der Waals surface area contributed by atoms with E-state index in [9.17, 15) is 0 Å². The van der Waals surface area contributed by atoms with Crippen molar-refractivity contribution in [2.75, 3.05) is 19.6 Å². The second kappa shape index (κ2) is 6.06. The molecule has 1 fully saturated rings. The molecule has 2 atom stereocenters. The summed E-state index contributed by atoms with van der Waals surface area (Å²) in [6.07, 6.45) is 8.75. The van der Waals surface area contributed by atoms with Gasteiger partial charge >= 0.3 is 0 Å². The normalized spacial score (nSPS) is 25.6. The minimum absolute atomic E-state index is 0.543. The molecule has 2 nitrogen and oxygen atoms in total. The van der Waals surface area contributed by atoms with Crippen LogP contribution in [-0.2, 0) is 0 Å². The molecule has 0 amide bonds. The van der Waals surface area contributed by atoms with Crippen molar-refractivity contribution < 1.29 is 0 Å². The summed E-state index contributed by atoms with van der Waals surface area (Å²) < 4.78 is 0. The van der Waals surface area contributed by atoms with Crippen LogP contribution in [0.25, 0.3) is 0 Å². The number of hydrogen-bond acceptors (Lipinski definition) is 2. The Bertz CT molecular complexity index is 193. The molecule has 14 heavy (non-hydrogen) atoms. The molecule has 0 saturated carbocycles. The maximum atomic E-state index is 5.34. The molecular weight excluding hydrogens is 172 g/mol. The standard InChI is InChI=1S/C12H22N2/c1-4-6-11(3)14-9-8-13-12(10-14)7-5-2/h1,11-13H,5-10H2,2-3H3. The van der Waals surface area contributed by atoms with Gasteiger partial charge in [0.05, 0.1) is 0 Å². The van der Waals surface area contributed by atoms with Crippen molar-refractivity contribution in [3.63, 3.8) is 0 Å². The van der Waals surface area contributed by atoms with E-state index in [1.807, 2.05) is 0 Å². The zero-order valence-corrected chi connectivity index (χ0v) is 9.42. The lowest BCUT2D eigenvalue weighted by Crippen LogP contribution is -2.53. The molecule has 1 N–H and O–H groups in total. The van der Waals surface area contributed by atoms with E-state index < -0.39 is 0 Å². The van der Waals surface area contributed by atoms with Gasteiger partial charge in [-0.25, -0.2) is 0 Å². The van der Waals surface area contributed by atoms with Crippen molar-refractivity contribution in [1.29, 1.82) is 0 Å². The van der Waals surface area contributed by atoms with Crippen LogP contribution in [0.1, 0.15) is 33.1 Å². The molecule has 0 radical (unpaired) electrons. The van der Waals surface area contributed by atoms with Gasteiger partial charge in [-0.15, -0.1) is 12.3 Å². The molecule has 2 unspecified atom stereocenters. The minimum atomic E-state index is 0.543. The first-order chi connectivity index (χ1) is 6.77. The van der Waals surface area contributed by atoms with Gasteiger partial charge in [-0.05, 0) is 13.3 Å². The highest BCUT2D eigenvalue weighted by molar-refractivity contribution is 4.91. The van der Waals surface area contributed by atoms with E-state index in [0.29, 0.717) is 12.1 Å². The predicted octanol–water partition coefficient (Wildman–Crippen LogP) is 1.47. The van der Waals surface area contributed by atoms with E-state index >= 15 is 0 Å². The molecule has 1 aliphatic heterocycles. The Kier molecular flexibility index (Phi) is 5.00. The minimum Gasteiger partial charge on any atom is -0.311 e. The largest absolute Gasteiger partial charge is 0.311 e. The topological polar surface area (TPSA) is 15.3 Å². The second-order valence-electron chi connectivity index (χ2n) is 4.19. The smallest absolute Gasteiger partial charge is 0.0240 e. The number of rotatable bonds is 4. The second-order valence-corrected chi connectivity index (χ2v) is 4.19. The lowest BCUT2D eigenvalue weighted by molar-refractivity contribution is 0.150. The third kappa shape index (κ3) is 3.32. The summed E-state index contributed by atoms with van der Waals surface area (Å²) in [6.45, 7) is 7.89. The molecule has 0 aliphatic carbocycles. The van der Waals surface area contributed by atoms with Crippen LogP contribution in [0.5, 0.6) is 0 Å². The monoisotopic (exact) mass is 194 g/mol. The van der Waals surface area contributed by atoms with Crippen molar-refractivity contribution in [3.05, 3.63) is 0 Å². The fraction of sp³-hybridized carbons (Fsp3) is 0.833. The van der Waals surface area contributed by atoms with E-state index in [4.69, 9.17) is 6.42 Å². The van der Waals surface area contributed by atoms with Crippen LogP contribution in [0.15, 0.2) is 0 Å². The van der Waals surface area contributed by atoms with E-state index in [2.05, 4.69) is 30.0 Å². The zero-order valence-electron chi connectivity index (χ0n) is 9.42. The zero-order chi connectivity index (χ0) is 10.4.